The summed E-state index contributed by atoms with van der Waals surface area (Å²) in [6, 6.07) is 6.81. The van der Waals surface area contributed by atoms with Crippen molar-refractivity contribution in [2.24, 2.45) is 4.40 Å². The van der Waals surface area contributed by atoms with E-state index in [1.54, 1.807) is 31.4 Å². The Balaban J connectivity index is 1.72. The number of morpholine rings is 1. The van der Waals surface area contributed by atoms with E-state index in [0.717, 1.165) is 17.4 Å². The number of carbonyl (C=O) groups is 1. The smallest absolute Gasteiger partial charge is 0.345 e. The van der Waals surface area contributed by atoms with E-state index in [9.17, 15) is 13.2 Å². The summed E-state index contributed by atoms with van der Waals surface area (Å²) in [4.78, 5) is 14.8. The summed E-state index contributed by atoms with van der Waals surface area (Å²) in [5.74, 6) is 0.186. The molecule has 0 aliphatic carbocycles. The van der Waals surface area contributed by atoms with E-state index < -0.39 is 16.1 Å². The molecule has 9 nitrogen and oxygen atoms in total. The number of hydrogen-bond acceptors (Lipinski definition) is 6. The molecule has 0 spiro atoms. The van der Waals surface area contributed by atoms with Crippen molar-refractivity contribution in [1.29, 1.82) is 0 Å². The molecule has 1 fully saturated rings. The van der Waals surface area contributed by atoms with Gasteiger partial charge in [-0.1, -0.05) is 0 Å². The number of nitrogens with zero attached hydrogens (tertiary/aromatic N) is 3. The standard InChI is InChI=1S/C18H24N4O5S/c1-21-17(18(23)19-7-8-22-9-11-27-12-10-22)13-16(20-28(21,24)25)14-3-5-15(26-2)6-4-14/h3-6,13H,7-12H2,1-2H3,(H,19,23). The van der Waals surface area contributed by atoms with E-state index in [1.807, 2.05) is 0 Å². The zero-order chi connectivity index (χ0) is 20.1. The molecule has 2 aliphatic heterocycles. The number of allylic oxidation sites excluding steroid dienone is 1. The zero-order valence-electron chi connectivity index (χ0n) is 15.9. The number of ether oxygens (including phenoxy) is 2. The molecule has 28 heavy (non-hydrogen) atoms. The van der Waals surface area contributed by atoms with Crippen LogP contribution in [0.2, 0.25) is 0 Å². The van der Waals surface area contributed by atoms with Crippen LogP contribution in [-0.2, 0) is 19.7 Å². The second-order valence-electron chi connectivity index (χ2n) is 6.39. The summed E-state index contributed by atoms with van der Waals surface area (Å²) in [6.45, 7) is 4.10. The lowest BCUT2D eigenvalue weighted by molar-refractivity contribution is -0.118. The van der Waals surface area contributed by atoms with Crippen molar-refractivity contribution in [1.82, 2.24) is 14.5 Å². The molecule has 1 amide bonds. The number of hydrogen-bond donors (Lipinski definition) is 1. The third-order valence-corrected chi connectivity index (χ3v) is 5.92. The van der Waals surface area contributed by atoms with Crippen LogP contribution in [0.4, 0.5) is 0 Å². The van der Waals surface area contributed by atoms with Gasteiger partial charge in [0.1, 0.15) is 11.4 Å². The van der Waals surface area contributed by atoms with Gasteiger partial charge in [0.05, 0.1) is 26.0 Å². The molecule has 0 radical (unpaired) electrons. The molecule has 2 heterocycles. The Morgan fingerprint density at radius 3 is 2.57 bits per heavy atom. The highest BCUT2D eigenvalue weighted by Crippen LogP contribution is 2.21. The van der Waals surface area contributed by atoms with E-state index in [-0.39, 0.29) is 11.4 Å². The first kappa shape index (κ1) is 20.3. The van der Waals surface area contributed by atoms with Gasteiger partial charge in [0, 0.05) is 38.8 Å². The highest BCUT2D eigenvalue weighted by atomic mass is 32.2. The van der Waals surface area contributed by atoms with Crippen molar-refractivity contribution in [2.75, 3.05) is 53.6 Å². The lowest BCUT2D eigenvalue weighted by Gasteiger charge is -2.27. The Labute approximate surface area is 164 Å². The molecule has 3 rings (SSSR count). The van der Waals surface area contributed by atoms with E-state index >= 15 is 0 Å². The van der Waals surface area contributed by atoms with Crippen molar-refractivity contribution in [2.45, 2.75) is 0 Å². The summed E-state index contributed by atoms with van der Waals surface area (Å²) < 4.78 is 39.9. The molecule has 152 valence electrons. The minimum atomic E-state index is -3.98. The van der Waals surface area contributed by atoms with Crippen LogP contribution in [0, 0.1) is 0 Å². The van der Waals surface area contributed by atoms with Gasteiger partial charge in [-0.3, -0.25) is 9.69 Å². The number of carbonyl (C=O) groups excluding carboxylic acids is 1. The van der Waals surface area contributed by atoms with Crippen LogP contribution in [0.5, 0.6) is 5.75 Å². The maximum atomic E-state index is 12.6. The van der Waals surface area contributed by atoms with E-state index in [2.05, 4.69) is 14.6 Å². The first-order valence-electron chi connectivity index (χ1n) is 8.94. The topological polar surface area (TPSA) is 101 Å². The van der Waals surface area contributed by atoms with Crippen LogP contribution in [0.25, 0.3) is 0 Å². The summed E-state index contributed by atoms with van der Waals surface area (Å²) in [7, 11) is -1.12. The van der Waals surface area contributed by atoms with Gasteiger partial charge in [-0.15, -0.1) is 4.40 Å². The maximum Gasteiger partial charge on any atom is 0.345 e. The van der Waals surface area contributed by atoms with Crippen molar-refractivity contribution >= 4 is 21.8 Å². The van der Waals surface area contributed by atoms with Gasteiger partial charge in [0.15, 0.2) is 0 Å². The number of methoxy groups -OCH3 is 1. The van der Waals surface area contributed by atoms with Crippen LogP contribution >= 0.6 is 0 Å². The fraction of sp³-hybridized carbons (Fsp3) is 0.444. The first-order valence-corrected chi connectivity index (χ1v) is 10.3. The Morgan fingerprint density at radius 2 is 1.93 bits per heavy atom. The van der Waals surface area contributed by atoms with Crippen molar-refractivity contribution in [3.05, 3.63) is 41.6 Å². The largest absolute Gasteiger partial charge is 0.497 e. The fourth-order valence-electron chi connectivity index (χ4n) is 2.91. The first-order chi connectivity index (χ1) is 13.4. The minimum Gasteiger partial charge on any atom is -0.497 e. The second-order valence-corrected chi connectivity index (χ2v) is 8.02. The summed E-state index contributed by atoms with van der Waals surface area (Å²) in [5.41, 5.74) is 0.818. The van der Waals surface area contributed by atoms with Gasteiger partial charge in [0.2, 0.25) is 0 Å². The molecule has 1 aromatic rings. The van der Waals surface area contributed by atoms with Crippen molar-refractivity contribution in [3.63, 3.8) is 0 Å². The molecule has 10 heteroatoms. The van der Waals surface area contributed by atoms with Crippen molar-refractivity contribution < 1.29 is 22.7 Å². The normalized spacial score (nSPS) is 19.6. The van der Waals surface area contributed by atoms with Crippen LogP contribution in [0.15, 0.2) is 40.4 Å². The quantitative estimate of drug-likeness (QED) is 0.712. The van der Waals surface area contributed by atoms with E-state index in [4.69, 9.17) is 9.47 Å². The maximum absolute atomic E-state index is 12.6. The molecule has 2 aliphatic rings. The molecule has 0 aromatic heterocycles. The second kappa shape index (κ2) is 8.72. The number of nitrogens with one attached hydrogen (secondary N) is 1. The average molecular weight is 408 g/mol. The minimum absolute atomic E-state index is 0.0304. The SMILES string of the molecule is COc1ccc(C2=NS(=O)(=O)N(C)C(C(=O)NCCN3CCOCC3)=C2)cc1. The predicted octanol–water partition coefficient (Wildman–Crippen LogP) is 0.00680. The average Bonchev–Trinajstić information content (AvgIpc) is 2.70. The Hall–Kier alpha value is -2.43. The molecule has 1 N–H and O–H groups in total. The van der Waals surface area contributed by atoms with Crippen LogP contribution in [0.3, 0.4) is 0 Å². The Bertz CT molecular complexity index is 874. The van der Waals surface area contributed by atoms with Gasteiger partial charge in [-0.25, -0.2) is 4.31 Å². The molecular weight excluding hydrogens is 384 g/mol. The summed E-state index contributed by atoms with van der Waals surface area (Å²) >= 11 is 0. The molecule has 1 aromatic carbocycles. The Morgan fingerprint density at radius 1 is 1.25 bits per heavy atom. The highest BCUT2D eigenvalue weighted by Gasteiger charge is 2.30. The number of rotatable bonds is 6. The van der Waals surface area contributed by atoms with Gasteiger partial charge >= 0.3 is 10.2 Å². The third-order valence-electron chi connectivity index (χ3n) is 4.61. The highest BCUT2D eigenvalue weighted by molar-refractivity contribution is 7.88. The molecule has 0 bridgehead atoms. The molecule has 1 saturated heterocycles. The lowest BCUT2D eigenvalue weighted by atomic mass is 10.1. The Kier molecular flexibility index (Phi) is 6.32. The van der Waals surface area contributed by atoms with Crippen molar-refractivity contribution in [3.8, 4) is 5.75 Å². The number of benzene rings is 1. The van der Waals surface area contributed by atoms with Crippen LogP contribution in [-0.4, -0.2) is 82.8 Å². The fourth-order valence-corrected chi connectivity index (χ4v) is 3.82. The van der Waals surface area contributed by atoms with Crippen LogP contribution in [0.1, 0.15) is 5.56 Å². The third kappa shape index (κ3) is 4.70. The molecule has 0 saturated carbocycles. The molecule has 0 unspecified atom stereocenters. The predicted molar refractivity (Wildman–Crippen MR) is 105 cm³/mol. The number of amides is 1. The molecule has 0 atom stereocenters. The monoisotopic (exact) mass is 408 g/mol. The van der Waals surface area contributed by atoms with E-state index in [1.165, 1.54) is 13.1 Å². The molecular formula is C18H24N4O5S. The van der Waals surface area contributed by atoms with E-state index in [0.29, 0.717) is 37.6 Å². The van der Waals surface area contributed by atoms with Gasteiger partial charge in [0.25, 0.3) is 5.91 Å². The lowest BCUT2D eigenvalue weighted by Crippen LogP contribution is -2.43. The van der Waals surface area contributed by atoms with Crippen LogP contribution < -0.4 is 10.1 Å². The van der Waals surface area contributed by atoms with Gasteiger partial charge < -0.3 is 14.8 Å². The zero-order valence-corrected chi connectivity index (χ0v) is 16.7. The summed E-state index contributed by atoms with van der Waals surface area (Å²) in [6.07, 6.45) is 1.48. The summed E-state index contributed by atoms with van der Waals surface area (Å²) in [5, 5.41) is 2.79. The van der Waals surface area contributed by atoms with Gasteiger partial charge in [-0.2, -0.15) is 8.42 Å². The number of likely N-dealkylation sites (N-methyl/N-ethyl adjacent to an activating group) is 1. The van der Waals surface area contributed by atoms with Gasteiger partial charge in [-0.05, 0) is 30.3 Å².